The van der Waals surface area contributed by atoms with Crippen molar-refractivity contribution in [3.63, 3.8) is 0 Å². The van der Waals surface area contributed by atoms with Crippen LogP contribution in [0.25, 0.3) is 10.9 Å². The maximum atomic E-state index is 12.8. The first kappa shape index (κ1) is 21.7. The lowest BCUT2D eigenvalue weighted by molar-refractivity contribution is -0.384. The van der Waals surface area contributed by atoms with E-state index < -0.39 is 16.4 Å². The van der Waals surface area contributed by atoms with Crippen LogP contribution in [0.1, 0.15) is 41.3 Å². The van der Waals surface area contributed by atoms with E-state index in [9.17, 15) is 19.7 Å². The number of aromatic amines is 1. The second kappa shape index (κ2) is 9.32. The molecule has 0 aliphatic carbocycles. The number of amides is 1. The van der Waals surface area contributed by atoms with Crippen LogP contribution in [-0.4, -0.2) is 33.8 Å². The average Bonchev–Trinajstić information content (AvgIpc) is 2.77. The van der Waals surface area contributed by atoms with Gasteiger partial charge in [0.05, 0.1) is 10.5 Å². The van der Waals surface area contributed by atoms with E-state index in [2.05, 4.69) is 34.3 Å². The van der Waals surface area contributed by atoms with Crippen molar-refractivity contribution in [2.75, 3.05) is 13.1 Å². The first-order chi connectivity index (χ1) is 15.4. The first-order valence-corrected chi connectivity index (χ1v) is 10.8. The summed E-state index contributed by atoms with van der Waals surface area (Å²) in [5.41, 5.74) is 2.09. The molecule has 32 heavy (non-hydrogen) atoms. The predicted molar refractivity (Wildman–Crippen MR) is 123 cm³/mol. The van der Waals surface area contributed by atoms with Crippen molar-refractivity contribution in [1.29, 1.82) is 0 Å². The third-order valence-corrected chi connectivity index (χ3v) is 5.91. The number of carbonyl (C=O) groups excluding carboxylic acids is 1. The van der Waals surface area contributed by atoms with E-state index in [0.29, 0.717) is 17.4 Å². The number of aromatic nitrogens is 1. The smallest absolute Gasteiger partial charge is 0.270 e. The van der Waals surface area contributed by atoms with Gasteiger partial charge in [0, 0.05) is 48.7 Å². The van der Waals surface area contributed by atoms with Gasteiger partial charge in [-0.25, -0.2) is 0 Å². The fourth-order valence-electron chi connectivity index (χ4n) is 4.27. The minimum Gasteiger partial charge on any atom is -0.348 e. The summed E-state index contributed by atoms with van der Waals surface area (Å²) in [7, 11) is 0. The van der Waals surface area contributed by atoms with Gasteiger partial charge in [0.2, 0.25) is 5.56 Å². The zero-order valence-corrected chi connectivity index (χ0v) is 18.0. The molecule has 1 aliphatic rings. The van der Waals surface area contributed by atoms with Crippen LogP contribution in [-0.2, 0) is 13.1 Å². The number of hydrogen-bond acceptors (Lipinski definition) is 5. The monoisotopic (exact) mass is 434 g/mol. The van der Waals surface area contributed by atoms with E-state index in [-0.39, 0.29) is 11.3 Å². The number of rotatable bonds is 6. The van der Waals surface area contributed by atoms with Crippen molar-refractivity contribution in [3.05, 3.63) is 85.7 Å². The van der Waals surface area contributed by atoms with Crippen molar-refractivity contribution in [1.82, 2.24) is 15.2 Å². The highest BCUT2D eigenvalue weighted by Crippen LogP contribution is 2.22. The normalized spacial score (nSPS) is 16.7. The van der Waals surface area contributed by atoms with E-state index in [0.717, 1.165) is 31.1 Å². The number of likely N-dealkylation sites (tertiary alicyclic amines) is 1. The van der Waals surface area contributed by atoms with Gasteiger partial charge in [-0.3, -0.25) is 24.6 Å². The van der Waals surface area contributed by atoms with Crippen LogP contribution < -0.4 is 10.9 Å². The number of hydrogen-bond donors (Lipinski definition) is 2. The number of carbonyl (C=O) groups is 1. The number of fused-ring (bicyclic) bond motifs is 1. The van der Waals surface area contributed by atoms with Crippen LogP contribution in [0.4, 0.5) is 5.69 Å². The number of nitro benzene ring substituents is 1. The molecule has 1 fully saturated rings. The molecule has 1 aromatic heterocycles. The van der Waals surface area contributed by atoms with Crippen molar-refractivity contribution >= 4 is 22.5 Å². The molecule has 2 aromatic carbocycles. The Kier molecular flexibility index (Phi) is 6.32. The number of nitro groups is 1. The molecular weight excluding hydrogens is 408 g/mol. The summed E-state index contributed by atoms with van der Waals surface area (Å²) in [4.78, 5) is 40.4. The molecular formula is C24H26N4O4. The zero-order chi connectivity index (χ0) is 22.7. The van der Waals surface area contributed by atoms with Crippen molar-refractivity contribution < 1.29 is 9.72 Å². The first-order valence-electron chi connectivity index (χ1n) is 10.8. The fourth-order valence-corrected chi connectivity index (χ4v) is 4.27. The third-order valence-electron chi connectivity index (χ3n) is 5.91. The summed E-state index contributed by atoms with van der Waals surface area (Å²) >= 11 is 0. The highest BCUT2D eigenvalue weighted by atomic mass is 16.6. The summed E-state index contributed by atoms with van der Waals surface area (Å²) < 4.78 is 0. The molecule has 0 spiro atoms. The standard InChI is InChI=1S/C24H26N4O4/c1-16-3-2-10-27(14-16)15-18-6-4-17(5-7-18)13-25-24(30)21-12-23(29)26-22-9-8-19(28(31)32)11-20(21)22/h4-9,11-12,16H,2-3,10,13-15H2,1H3,(H,25,30)(H,26,29). The van der Waals surface area contributed by atoms with Gasteiger partial charge in [-0.15, -0.1) is 0 Å². The van der Waals surface area contributed by atoms with Gasteiger partial charge in [0.25, 0.3) is 11.6 Å². The Morgan fingerprint density at radius 3 is 2.66 bits per heavy atom. The SMILES string of the molecule is CC1CCCN(Cc2ccc(CNC(=O)c3cc(=O)[nH]c4ccc([N+](=O)[O-])cc34)cc2)C1. The van der Waals surface area contributed by atoms with Gasteiger partial charge < -0.3 is 10.3 Å². The largest absolute Gasteiger partial charge is 0.348 e. The Morgan fingerprint density at radius 1 is 1.19 bits per heavy atom. The van der Waals surface area contributed by atoms with Crippen LogP contribution in [0.5, 0.6) is 0 Å². The molecule has 1 saturated heterocycles. The van der Waals surface area contributed by atoms with Crippen LogP contribution in [0.15, 0.2) is 53.3 Å². The molecule has 1 aliphatic heterocycles. The zero-order valence-electron chi connectivity index (χ0n) is 18.0. The molecule has 1 unspecified atom stereocenters. The minimum absolute atomic E-state index is 0.114. The Bertz CT molecular complexity index is 1200. The Labute approximate surface area is 185 Å². The molecule has 0 radical (unpaired) electrons. The number of H-pyrrole nitrogens is 1. The molecule has 8 heteroatoms. The third kappa shape index (κ3) is 5.03. The molecule has 8 nitrogen and oxygen atoms in total. The minimum atomic E-state index is -0.529. The van der Waals surface area contributed by atoms with Gasteiger partial charge in [-0.05, 0) is 42.5 Å². The highest BCUT2D eigenvalue weighted by Gasteiger charge is 2.17. The predicted octanol–water partition coefficient (Wildman–Crippen LogP) is 3.60. The molecule has 1 amide bonds. The molecule has 0 bridgehead atoms. The summed E-state index contributed by atoms with van der Waals surface area (Å²) in [6.45, 7) is 5.77. The van der Waals surface area contributed by atoms with E-state index in [1.807, 2.05) is 12.1 Å². The van der Waals surface area contributed by atoms with Gasteiger partial charge in [0.15, 0.2) is 0 Å². The maximum absolute atomic E-state index is 12.8. The average molecular weight is 434 g/mol. The van der Waals surface area contributed by atoms with Crippen LogP contribution in [0.3, 0.4) is 0 Å². The number of nitrogens with zero attached hydrogens (tertiary/aromatic N) is 2. The molecule has 3 aromatic rings. The van der Waals surface area contributed by atoms with Crippen LogP contribution >= 0.6 is 0 Å². The number of benzene rings is 2. The van der Waals surface area contributed by atoms with Gasteiger partial charge in [-0.2, -0.15) is 0 Å². The quantitative estimate of drug-likeness (QED) is 0.455. The molecule has 4 rings (SSSR count). The molecule has 1 atom stereocenters. The van der Waals surface area contributed by atoms with E-state index >= 15 is 0 Å². The topological polar surface area (TPSA) is 108 Å². The second-order valence-corrected chi connectivity index (χ2v) is 8.52. The number of pyridine rings is 1. The summed E-state index contributed by atoms with van der Waals surface area (Å²) in [5, 5.41) is 14.3. The van der Waals surface area contributed by atoms with Crippen LogP contribution in [0, 0.1) is 16.0 Å². The van der Waals surface area contributed by atoms with Gasteiger partial charge in [0.1, 0.15) is 0 Å². The number of non-ortho nitro benzene ring substituents is 1. The summed E-state index contributed by atoms with van der Waals surface area (Å²) in [6, 6.07) is 13.3. The Hall–Kier alpha value is -3.52. The van der Waals surface area contributed by atoms with Crippen molar-refractivity contribution in [2.24, 2.45) is 5.92 Å². The van der Waals surface area contributed by atoms with E-state index in [1.165, 1.54) is 42.7 Å². The fraction of sp³-hybridized carbons (Fsp3) is 0.333. The summed E-state index contributed by atoms with van der Waals surface area (Å²) in [5.74, 6) is 0.286. The lowest BCUT2D eigenvalue weighted by Gasteiger charge is -2.30. The van der Waals surface area contributed by atoms with Gasteiger partial charge in [-0.1, -0.05) is 31.2 Å². The molecule has 2 N–H and O–H groups in total. The van der Waals surface area contributed by atoms with Gasteiger partial charge >= 0.3 is 0 Å². The lowest BCUT2D eigenvalue weighted by atomic mass is 9.99. The highest BCUT2D eigenvalue weighted by molar-refractivity contribution is 6.06. The lowest BCUT2D eigenvalue weighted by Crippen LogP contribution is -2.33. The van der Waals surface area contributed by atoms with Crippen LogP contribution in [0.2, 0.25) is 0 Å². The van der Waals surface area contributed by atoms with E-state index in [4.69, 9.17) is 0 Å². The Balaban J connectivity index is 1.44. The number of piperidine rings is 1. The molecule has 0 saturated carbocycles. The number of nitrogens with one attached hydrogen (secondary N) is 2. The Morgan fingerprint density at radius 2 is 1.94 bits per heavy atom. The molecule has 2 heterocycles. The van der Waals surface area contributed by atoms with Crippen molar-refractivity contribution in [3.8, 4) is 0 Å². The second-order valence-electron chi connectivity index (χ2n) is 8.52. The van der Waals surface area contributed by atoms with E-state index in [1.54, 1.807) is 0 Å². The summed E-state index contributed by atoms with van der Waals surface area (Å²) in [6.07, 6.45) is 2.54. The van der Waals surface area contributed by atoms with Crippen molar-refractivity contribution in [2.45, 2.75) is 32.9 Å². The molecule has 166 valence electrons. The maximum Gasteiger partial charge on any atom is 0.270 e.